The third kappa shape index (κ3) is 8.50. The fourth-order valence-corrected chi connectivity index (χ4v) is 4.17. The SMILES string of the molecule is CCC(C)C(NC(=O)C(Cc1c[nH]c2ccccc12)NC(=O)C(N)CS)C(=O)NC(CC(C)C)C(=O)O. The number of carboxylic acids is 1. The number of nitrogens with two attached hydrogens (primary N) is 1. The molecule has 0 radical (unpaired) electrons. The first kappa shape index (κ1) is 30.2. The van der Waals surface area contributed by atoms with Crippen LogP contribution in [0.2, 0.25) is 0 Å². The number of carbonyl (C=O) groups excluding carboxylic acids is 3. The zero-order valence-corrected chi connectivity index (χ0v) is 22.7. The number of rotatable bonds is 14. The van der Waals surface area contributed by atoms with Crippen molar-refractivity contribution >= 4 is 47.2 Å². The van der Waals surface area contributed by atoms with E-state index in [2.05, 4.69) is 33.6 Å². The van der Waals surface area contributed by atoms with E-state index in [0.29, 0.717) is 6.42 Å². The summed E-state index contributed by atoms with van der Waals surface area (Å²) >= 11 is 4.07. The second kappa shape index (κ2) is 14.0. The van der Waals surface area contributed by atoms with Gasteiger partial charge < -0.3 is 31.8 Å². The van der Waals surface area contributed by atoms with Gasteiger partial charge in [0.2, 0.25) is 17.7 Å². The Kier molecular flexibility index (Phi) is 11.4. The zero-order chi connectivity index (χ0) is 27.7. The van der Waals surface area contributed by atoms with E-state index in [1.165, 1.54) is 0 Å². The second-order valence-corrected chi connectivity index (χ2v) is 10.2. The van der Waals surface area contributed by atoms with E-state index in [1.807, 2.05) is 45.0 Å². The topological polar surface area (TPSA) is 166 Å². The van der Waals surface area contributed by atoms with Gasteiger partial charge in [0.15, 0.2) is 0 Å². The molecule has 3 amide bonds. The molecule has 0 saturated carbocycles. The lowest BCUT2D eigenvalue weighted by Crippen LogP contribution is -2.59. The number of hydrogen-bond acceptors (Lipinski definition) is 6. The molecule has 0 aliphatic rings. The van der Waals surface area contributed by atoms with E-state index in [0.717, 1.165) is 16.5 Å². The average molecular weight is 534 g/mol. The van der Waals surface area contributed by atoms with Crippen molar-refractivity contribution in [3.05, 3.63) is 36.0 Å². The number of fused-ring (bicyclic) bond motifs is 1. The summed E-state index contributed by atoms with van der Waals surface area (Å²) in [6.07, 6.45) is 2.74. The van der Waals surface area contributed by atoms with Gasteiger partial charge in [0.05, 0.1) is 6.04 Å². The summed E-state index contributed by atoms with van der Waals surface area (Å²) in [5.41, 5.74) is 7.52. The van der Waals surface area contributed by atoms with Crippen molar-refractivity contribution in [2.45, 2.75) is 71.1 Å². The Balaban J connectivity index is 2.30. The lowest BCUT2D eigenvalue weighted by atomic mass is 9.96. The quantitative estimate of drug-likeness (QED) is 0.182. The molecule has 0 bridgehead atoms. The Morgan fingerprint density at radius 2 is 1.65 bits per heavy atom. The van der Waals surface area contributed by atoms with Crippen LogP contribution in [0, 0.1) is 11.8 Å². The van der Waals surface area contributed by atoms with E-state index in [1.54, 1.807) is 13.1 Å². The number of nitrogens with one attached hydrogen (secondary N) is 4. The van der Waals surface area contributed by atoms with Crippen molar-refractivity contribution in [3.8, 4) is 0 Å². The fourth-order valence-electron chi connectivity index (χ4n) is 4.00. The second-order valence-electron chi connectivity index (χ2n) is 9.81. The van der Waals surface area contributed by atoms with E-state index in [-0.39, 0.29) is 30.4 Å². The molecule has 5 unspecified atom stereocenters. The largest absolute Gasteiger partial charge is 0.480 e. The van der Waals surface area contributed by atoms with Crippen LogP contribution in [0.15, 0.2) is 30.5 Å². The average Bonchev–Trinajstić information content (AvgIpc) is 3.27. The molecule has 0 aliphatic heterocycles. The number of thiol groups is 1. The van der Waals surface area contributed by atoms with Gasteiger partial charge in [0.1, 0.15) is 18.1 Å². The Morgan fingerprint density at radius 3 is 2.24 bits per heavy atom. The number of aliphatic carboxylic acids is 1. The Bertz CT molecular complexity index is 1090. The lowest BCUT2D eigenvalue weighted by molar-refractivity contribution is -0.143. The van der Waals surface area contributed by atoms with Crippen LogP contribution in [0.25, 0.3) is 10.9 Å². The van der Waals surface area contributed by atoms with Crippen LogP contribution in [0.1, 0.15) is 46.1 Å². The summed E-state index contributed by atoms with van der Waals surface area (Å²) in [5.74, 6) is -2.98. The number of carbonyl (C=O) groups is 4. The van der Waals surface area contributed by atoms with E-state index in [9.17, 15) is 24.3 Å². The smallest absolute Gasteiger partial charge is 0.326 e. The van der Waals surface area contributed by atoms with Crippen LogP contribution in [-0.2, 0) is 25.6 Å². The van der Waals surface area contributed by atoms with E-state index in [4.69, 9.17) is 5.73 Å². The summed E-state index contributed by atoms with van der Waals surface area (Å²) in [6, 6.07) is 3.57. The molecule has 5 atom stereocenters. The summed E-state index contributed by atoms with van der Waals surface area (Å²) in [7, 11) is 0. The van der Waals surface area contributed by atoms with Crippen molar-refractivity contribution in [2.24, 2.45) is 17.6 Å². The van der Waals surface area contributed by atoms with Crippen LogP contribution in [0.5, 0.6) is 0 Å². The maximum Gasteiger partial charge on any atom is 0.326 e. The molecule has 7 N–H and O–H groups in total. The standard InChI is InChI=1S/C26H39N5O5S/c1-5-15(4)22(25(34)30-21(26(35)36)10-14(2)3)31-24(33)20(29-23(32)18(27)13-37)11-16-12-28-19-9-7-6-8-17(16)19/h6-9,12,14-15,18,20-22,28,37H,5,10-11,13,27H2,1-4H3,(H,29,32)(H,30,34)(H,31,33)(H,35,36). The summed E-state index contributed by atoms with van der Waals surface area (Å²) < 4.78 is 0. The molecular weight excluding hydrogens is 494 g/mol. The highest BCUT2D eigenvalue weighted by atomic mass is 32.1. The van der Waals surface area contributed by atoms with Crippen molar-refractivity contribution < 1.29 is 24.3 Å². The van der Waals surface area contributed by atoms with Crippen LogP contribution in [0.3, 0.4) is 0 Å². The highest BCUT2D eigenvalue weighted by Crippen LogP contribution is 2.20. The summed E-state index contributed by atoms with van der Waals surface area (Å²) in [4.78, 5) is 54.1. The van der Waals surface area contributed by atoms with Crippen LogP contribution < -0.4 is 21.7 Å². The Hall–Kier alpha value is -3.05. The first-order valence-corrected chi connectivity index (χ1v) is 13.2. The minimum Gasteiger partial charge on any atom is -0.480 e. The van der Waals surface area contributed by atoms with E-state index < -0.39 is 47.9 Å². The van der Waals surface area contributed by atoms with Crippen LogP contribution in [-0.4, -0.2) is 63.7 Å². The summed E-state index contributed by atoms with van der Waals surface area (Å²) in [5, 5.41) is 18.5. The normalized spacial score (nSPS) is 15.4. The van der Waals surface area contributed by atoms with E-state index >= 15 is 0 Å². The maximum atomic E-state index is 13.5. The first-order valence-electron chi connectivity index (χ1n) is 12.5. The molecule has 2 aromatic rings. The number of hydrogen-bond donors (Lipinski definition) is 7. The molecule has 1 aromatic heterocycles. The maximum absolute atomic E-state index is 13.5. The predicted molar refractivity (Wildman–Crippen MR) is 146 cm³/mol. The van der Waals surface area contributed by atoms with Gasteiger partial charge in [-0.2, -0.15) is 12.6 Å². The molecule has 0 aliphatic carbocycles. The number of aromatic nitrogens is 1. The number of carboxylic acid groups (broad SMARTS) is 1. The van der Waals surface area contributed by atoms with Gasteiger partial charge in [-0.05, 0) is 29.9 Å². The van der Waals surface area contributed by atoms with Crippen LogP contribution in [0.4, 0.5) is 0 Å². The highest BCUT2D eigenvalue weighted by molar-refractivity contribution is 7.80. The van der Waals surface area contributed by atoms with Gasteiger partial charge in [-0.3, -0.25) is 14.4 Å². The minimum atomic E-state index is -1.14. The van der Waals surface area contributed by atoms with Crippen molar-refractivity contribution in [1.29, 1.82) is 0 Å². The molecule has 10 nitrogen and oxygen atoms in total. The molecular formula is C26H39N5O5S. The third-order valence-corrected chi connectivity index (χ3v) is 6.77. The molecule has 37 heavy (non-hydrogen) atoms. The molecule has 2 rings (SSSR count). The lowest BCUT2D eigenvalue weighted by Gasteiger charge is -2.28. The van der Waals surface area contributed by atoms with Gasteiger partial charge in [0, 0.05) is 29.3 Å². The van der Waals surface area contributed by atoms with Gasteiger partial charge in [-0.15, -0.1) is 0 Å². The minimum absolute atomic E-state index is 0.0462. The monoisotopic (exact) mass is 533 g/mol. The number of H-pyrrole nitrogens is 1. The van der Waals surface area contributed by atoms with Gasteiger partial charge in [-0.1, -0.05) is 52.3 Å². The molecule has 11 heteroatoms. The number of amides is 3. The number of aromatic amines is 1. The molecule has 0 saturated heterocycles. The first-order chi connectivity index (χ1) is 17.5. The number of para-hydroxylation sites is 1. The van der Waals surface area contributed by atoms with Gasteiger partial charge >= 0.3 is 5.97 Å². The summed E-state index contributed by atoms with van der Waals surface area (Å²) in [6.45, 7) is 7.40. The van der Waals surface area contributed by atoms with Crippen molar-refractivity contribution in [3.63, 3.8) is 0 Å². The molecule has 1 heterocycles. The molecule has 204 valence electrons. The van der Waals surface area contributed by atoms with Crippen molar-refractivity contribution in [2.75, 3.05) is 5.75 Å². The zero-order valence-electron chi connectivity index (χ0n) is 21.8. The highest BCUT2D eigenvalue weighted by Gasteiger charge is 2.33. The molecule has 0 spiro atoms. The van der Waals surface area contributed by atoms with Crippen LogP contribution >= 0.6 is 12.6 Å². The Labute approximate surface area is 222 Å². The van der Waals surface area contributed by atoms with Crippen molar-refractivity contribution in [1.82, 2.24) is 20.9 Å². The fraction of sp³-hybridized carbons (Fsp3) is 0.538. The predicted octanol–water partition coefficient (Wildman–Crippen LogP) is 1.60. The molecule has 0 fully saturated rings. The molecule has 1 aromatic carbocycles. The van der Waals surface area contributed by atoms with Gasteiger partial charge in [0.25, 0.3) is 0 Å². The number of benzene rings is 1. The Morgan fingerprint density at radius 1 is 1.00 bits per heavy atom. The van der Waals surface area contributed by atoms with Gasteiger partial charge in [-0.25, -0.2) is 4.79 Å². The third-order valence-electron chi connectivity index (χ3n) is 6.38.